The second-order valence-electron chi connectivity index (χ2n) is 9.27. The molecule has 5 rings (SSSR count). The van der Waals surface area contributed by atoms with Gasteiger partial charge in [0.15, 0.2) is 0 Å². The molecule has 2 aliphatic rings. The SMILES string of the molecule is COC(=O)N1CCCc2c1ccc1c2nc(CCn2ccccc2=O)n1CC(=O)N(C)[C@H]1CCOC1. The number of carbonyl (C=O) groups excluding carboxylic acids is 2. The number of carbonyl (C=O) groups is 2. The maximum Gasteiger partial charge on any atom is 0.414 e. The van der Waals surface area contributed by atoms with E-state index in [1.807, 2.05) is 29.8 Å². The maximum atomic E-state index is 13.3. The van der Waals surface area contributed by atoms with Gasteiger partial charge in [0.2, 0.25) is 5.91 Å². The van der Waals surface area contributed by atoms with E-state index in [0.717, 1.165) is 47.4 Å². The maximum absolute atomic E-state index is 13.3. The molecule has 0 radical (unpaired) electrons. The molecule has 1 atom stereocenters. The van der Waals surface area contributed by atoms with E-state index >= 15 is 0 Å². The van der Waals surface area contributed by atoms with Crippen LogP contribution in [0.4, 0.5) is 10.5 Å². The molecule has 1 fully saturated rings. The normalized spacial score (nSPS) is 17.3. The minimum Gasteiger partial charge on any atom is -0.452 e. The number of imidazole rings is 1. The summed E-state index contributed by atoms with van der Waals surface area (Å²) in [5.41, 5.74) is 3.33. The Kier molecular flexibility index (Phi) is 6.77. The van der Waals surface area contributed by atoms with Crippen LogP contribution in [0.3, 0.4) is 0 Å². The lowest BCUT2D eigenvalue weighted by Gasteiger charge is -2.28. The molecule has 0 N–H and O–H groups in total. The Morgan fingerprint density at radius 1 is 1.25 bits per heavy atom. The topological polar surface area (TPSA) is 98.9 Å². The second kappa shape index (κ2) is 10.1. The van der Waals surface area contributed by atoms with Crippen molar-refractivity contribution in [2.45, 2.75) is 44.8 Å². The van der Waals surface area contributed by atoms with E-state index in [0.29, 0.717) is 32.7 Å². The van der Waals surface area contributed by atoms with E-state index in [1.165, 1.54) is 13.2 Å². The summed E-state index contributed by atoms with van der Waals surface area (Å²) in [7, 11) is 3.20. The largest absolute Gasteiger partial charge is 0.452 e. The predicted molar refractivity (Wildman–Crippen MR) is 134 cm³/mol. The van der Waals surface area contributed by atoms with Crippen molar-refractivity contribution in [1.29, 1.82) is 0 Å². The van der Waals surface area contributed by atoms with E-state index in [4.69, 9.17) is 14.5 Å². The Hall–Kier alpha value is -3.66. The number of pyridine rings is 1. The van der Waals surface area contributed by atoms with Crippen molar-refractivity contribution < 1.29 is 19.1 Å². The minimum atomic E-state index is -0.394. The van der Waals surface area contributed by atoms with Crippen LogP contribution in [0.15, 0.2) is 41.3 Å². The van der Waals surface area contributed by atoms with Gasteiger partial charge >= 0.3 is 6.09 Å². The highest BCUT2D eigenvalue weighted by molar-refractivity contribution is 5.95. The molecule has 0 saturated carbocycles. The van der Waals surface area contributed by atoms with Crippen LogP contribution >= 0.6 is 0 Å². The molecule has 1 aromatic carbocycles. The van der Waals surface area contributed by atoms with E-state index in [9.17, 15) is 14.4 Å². The quantitative estimate of drug-likeness (QED) is 0.522. The number of aromatic nitrogens is 3. The minimum absolute atomic E-state index is 0.0168. The van der Waals surface area contributed by atoms with E-state index in [2.05, 4.69) is 0 Å². The average molecular weight is 494 g/mol. The first-order valence-electron chi connectivity index (χ1n) is 12.3. The zero-order valence-electron chi connectivity index (χ0n) is 20.7. The fourth-order valence-electron chi connectivity index (χ4n) is 5.13. The van der Waals surface area contributed by atoms with Gasteiger partial charge in [-0.15, -0.1) is 0 Å². The number of amides is 2. The molecule has 36 heavy (non-hydrogen) atoms. The number of fused-ring (bicyclic) bond motifs is 3. The molecule has 10 nitrogen and oxygen atoms in total. The van der Waals surface area contributed by atoms with Crippen molar-refractivity contribution in [3.63, 3.8) is 0 Å². The number of methoxy groups -OCH3 is 1. The number of ether oxygens (including phenoxy) is 2. The first-order chi connectivity index (χ1) is 17.5. The van der Waals surface area contributed by atoms with Gasteiger partial charge in [0.25, 0.3) is 5.56 Å². The van der Waals surface area contributed by atoms with E-state index in [-0.39, 0.29) is 24.1 Å². The zero-order chi connectivity index (χ0) is 25.2. The summed E-state index contributed by atoms with van der Waals surface area (Å²) in [5.74, 6) is 0.714. The molecular formula is C26H31N5O5. The van der Waals surface area contributed by atoms with Crippen molar-refractivity contribution in [2.75, 3.05) is 38.8 Å². The number of likely N-dealkylation sites (N-methyl/N-ethyl adjacent to an activating group) is 1. The third-order valence-electron chi connectivity index (χ3n) is 7.19. The number of anilines is 1. The van der Waals surface area contributed by atoms with Crippen LogP contribution in [-0.4, -0.2) is 71.0 Å². The molecule has 0 aliphatic carbocycles. The van der Waals surface area contributed by atoms with Crippen LogP contribution < -0.4 is 10.5 Å². The summed E-state index contributed by atoms with van der Waals surface area (Å²) >= 11 is 0. The summed E-state index contributed by atoms with van der Waals surface area (Å²) in [6.07, 6.45) is 4.25. The van der Waals surface area contributed by atoms with Gasteiger partial charge in [-0.05, 0) is 37.5 Å². The third kappa shape index (κ3) is 4.48. The summed E-state index contributed by atoms with van der Waals surface area (Å²) in [6.45, 7) is 2.38. The number of rotatable bonds is 6. The number of hydrogen-bond donors (Lipinski definition) is 0. The highest BCUT2D eigenvalue weighted by atomic mass is 16.5. The molecule has 3 aromatic rings. The van der Waals surface area contributed by atoms with Crippen LogP contribution in [0, 0.1) is 0 Å². The van der Waals surface area contributed by atoms with Gasteiger partial charge in [-0.1, -0.05) is 6.07 Å². The smallest absolute Gasteiger partial charge is 0.414 e. The molecule has 4 heterocycles. The Morgan fingerprint density at radius 2 is 2.11 bits per heavy atom. The van der Waals surface area contributed by atoms with Crippen LogP contribution in [0.2, 0.25) is 0 Å². The zero-order valence-corrected chi connectivity index (χ0v) is 20.7. The lowest BCUT2D eigenvalue weighted by molar-refractivity contribution is -0.132. The van der Waals surface area contributed by atoms with Crippen molar-refractivity contribution in [2.24, 2.45) is 0 Å². The van der Waals surface area contributed by atoms with Gasteiger partial charge in [-0.2, -0.15) is 0 Å². The van der Waals surface area contributed by atoms with Gasteiger partial charge in [0, 0.05) is 51.0 Å². The van der Waals surface area contributed by atoms with Crippen molar-refractivity contribution in [1.82, 2.24) is 19.0 Å². The van der Waals surface area contributed by atoms with E-state index < -0.39 is 6.09 Å². The first-order valence-corrected chi connectivity index (χ1v) is 12.3. The highest BCUT2D eigenvalue weighted by Gasteiger charge is 2.29. The average Bonchev–Trinajstić information content (AvgIpc) is 3.56. The first kappa shape index (κ1) is 24.1. The third-order valence-corrected chi connectivity index (χ3v) is 7.19. The second-order valence-corrected chi connectivity index (χ2v) is 9.27. The van der Waals surface area contributed by atoms with Crippen molar-refractivity contribution in [3.8, 4) is 0 Å². The molecule has 2 amide bonds. The number of nitrogens with zero attached hydrogens (tertiary/aromatic N) is 5. The fraction of sp³-hybridized carbons (Fsp3) is 0.462. The summed E-state index contributed by atoms with van der Waals surface area (Å²) in [6, 6.07) is 8.98. The molecule has 190 valence electrons. The Balaban J connectivity index is 1.53. The van der Waals surface area contributed by atoms with Gasteiger partial charge in [0.1, 0.15) is 12.4 Å². The number of aryl methyl sites for hydroxylation is 3. The summed E-state index contributed by atoms with van der Waals surface area (Å²) in [4.78, 5) is 46.3. The fourth-order valence-corrected chi connectivity index (χ4v) is 5.13. The summed E-state index contributed by atoms with van der Waals surface area (Å²) in [5, 5.41) is 0. The molecule has 10 heteroatoms. The lowest BCUT2D eigenvalue weighted by atomic mass is 10.0. The number of hydrogen-bond acceptors (Lipinski definition) is 6. The monoisotopic (exact) mass is 493 g/mol. The summed E-state index contributed by atoms with van der Waals surface area (Å²) < 4.78 is 14.0. The van der Waals surface area contributed by atoms with Gasteiger partial charge < -0.3 is 23.5 Å². The predicted octanol–water partition coefficient (Wildman–Crippen LogP) is 2.21. The number of benzene rings is 1. The van der Waals surface area contributed by atoms with E-state index in [1.54, 1.807) is 26.6 Å². The highest BCUT2D eigenvalue weighted by Crippen LogP contribution is 2.34. The Labute approximate surface area is 209 Å². The lowest BCUT2D eigenvalue weighted by Crippen LogP contribution is -2.39. The van der Waals surface area contributed by atoms with Crippen molar-refractivity contribution in [3.05, 3.63) is 58.3 Å². The standard InChI is InChI=1S/C26H31N5O5/c1-28(18-11-15-36-17-18)24(33)16-31-21-9-8-20-19(6-5-13-30(20)26(34)35-2)25(21)27-22(31)10-14-29-12-4-3-7-23(29)32/h3-4,7-9,12,18H,5-6,10-11,13-17H2,1-2H3/t18-/m0/s1. The molecule has 0 spiro atoms. The molecule has 0 bridgehead atoms. The van der Waals surface area contributed by atoms with Crippen LogP contribution in [0.5, 0.6) is 0 Å². The molecular weight excluding hydrogens is 462 g/mol. The molecule has 1 saturated heterocycles. The van der Waals surface area contributed by atoms with Crippen molar-refractivity contribution >= 4 is 28.7 Å². The van der Waals surface area contributed by atoms with Crippen LogP contribution in [0.25, 0.3) is 11.0 Å². The van der Waals surface area contributed by atoms with Crippen LogP contribution in [0.1, 0.15) is 24.2 Å². The molecule has 2 aromatic heterocycles. The van der Waals surface area contributed by atoms with Crippen LogP contribution in [-0.2, 0) is 40.2 Å². The molecule has 2 aliphatic heterocycles. The molecule has 0 unspecified atom stereocenters. The van der Waals surface area contributed by atoms with Gasteiger partial charge in [0.05, 0.1) is 36.5 Å². The van der Waals surface area contributed by atoms with Gasteiger partial charge in [-0.25, -0.2) is 9.78 Å². The Bertz CT molecular complexity index is 1340. The Morgan fingerprint density at radius 3 is 2.86 bits per heavy atom. The van der Waals surface area contributed by atoms with Gasteiger partial charge in [-0.3, -0.25) is 14.5 Å².